The summed E-state index contributed by atoms with van der Waals surface area (Å²) in [5.41, 5.74) is 2.53. The van der Waals surface area contributed by atoms with E-state index < -0.39 is 5.60 Å². The standard InChI is InChI=1S/C20H16N2O3S/c1-2-20(25)14-8-16-17-12(7-11-5-3-4-6-15(11)21-17)9-22(16)18(23)13(14)10-26-19(20)24/h3-8,25H,2,9-10H2,1H3/t20-/m0/s1. The van der Waals surface area contributed by atoms with Gasteiger partial charge in [0.15, 0.2) is 5.60 Å². The first kappa shape index (κ1) is 15.8. The minimum Gasteiger partial charge on any atom is -0.376 e. The summed E-state index contributed by atoms with van der Waals surface area (Å²) in [5.74, 6) is 0.307. The van der Waals surface area contributed by atoms with Gasteiger partial charge < -0.3 is 9.67 Å². The summed E-state index contributed by atoms with van der Waals surface area (Å²) in [4.78, 5) is 30.2. The minimum absolute atomic E-state index is 0.133. The number of aliphatic hydroxyl groups is 1. The van der Waals surface area contributed by atoms with Gasteiger partial charge in [0.1, 0.15) is 0 Å². The molecule has 26 heavy (non-hydrogen) atoms. The Morgan fingerprint density at radius 3 is 2.88 bits per heavy atom. The number of benzene rings is 1. The Kier molecular flexibility index (Phi) is 3.21. The number of carbonyl (C=O) groups is 1. The minimum atomic E-state index is -1.60. The van der Waals surface area contributed by atoms with E-state index in [0.29, 0.717) is 29.1 Å². The Hall–Kier alpha value is -2.44. The third kappa shape index (κ3) is 1.94. The molecule has 0 bridgehead atoms. The summed E-state index contributed by atoms with van der Waals surface area (Å²) >= 11 is 1.02. The Morgan fingerprint density at radius 2 is 2.08 bits per heavy atom. The third-order valence-electron chi connectivity index (χ3n) is 5.42. The molecule has 5 rings (SSSR count). The highest BCUT2D eigenvalue weighted by atomic mass is 32.2. The van der Waals surface area contributed by atoms with Crippen LogP contribution in [-0.4, -0.2) is 19.8 Å². The van der Waals surface area contributed by atoms with Gasteiger partial charge in [-0.25, -0.2) is 4.98 Å². The smallest absolute Gasteiger partial charge is 0.255 e. The number of aromatic nitrogens is 2. The predicted molar refractivity (Wildman–Crippen MR) is 101 cm³/mol. The molecule has 1 atom stereocenters. The molecule has 1 aromatic carbocycles. The molecule has 6 heteroatoms. The normalized spacial score (nSPS) is 20.8. The summed E-state index contributed by atoms with van der Waals surface area (Å²) in [6, 6.07) is 11.7. The maximum Gasteiger partial charge on any atom is 0.255 e. The highest BCUT2D eigenvalue weighted by Crippen LogP contribution is 2.41. The zero-order valence-corrected chi connectivity index (χ0v) is 15.0. The molecule has 0 unspecified atom stereocenters. The van der Waals surface area contributed by atoms with Crippen molar-refractivity contribution in [2.24, 2.45) is 0 Å². The summed E-state index contributed by atoms with van der Waals surface area (Å²) in [7, 11) is 0. The molecule has 0 saturated heterocycles. The van der Waals surface area contributed by atoms with Gasteiger partial charge in [-0.2, -0.15) is 0 Å². The number of hydrogen-bond donors (Lipinski definition) is 1. The van der Waals surface area contributed by atoms with Crippen molar-refractivity contribution in [3.8, 4) is 11.4 Å². The zero-order valence-electron chi connectivity index (χ0n) is 14.2. The van der Waals surface area contributed by atoms with E-state index in [1.165, 1.54) is 0 Å². The first-order valence-electron chi connectivity index (χ1n) is 8.59. The lowest BCUT2D eigenvalue weighted by Gasteiger charge is -2.31. The van der Waals surface area contributed by atoms with Gasteiger partial charge in [-0.15, -0.1) is 0 Å². The van der Waals surface area contributed by atoms with E-state index in [9.17, 15) is 14.7 Å². The van der Waals surface area contributed by atoms with Crippen LogP contribution < -0.4 is 5.56 Å². The number of carbonyl (C=O) groups excluding carboxylic acids is 1. The topological polar surface area (TPSA) is 72.2 Å². The van der Waals surface area contributed by atoms with E-state index in [1.54, 1.807) is 17.6 Å². The second-order valence-electron chi connectivity index (χ2n) is 6.79. The molecule has 5 nitrogen and oxygen atoms in total. The van der Waals surface area contributed by atoms with Crippen molar-refractivity contribution in [2.45, 2.75) is 31.2 Å². The fourth-order valence-electron chi connectivity index (χ4n) is 3.93. The maximum atomic E-state index is 13.1. The van der Waals surface area contributed by atoms with Crippen molar-refractivity contribution in [3.05, 3.63) is 63.4 Å². The van der Waals surface area contributed by atoms with Crippen molar-refractivity contribution in [2.75, 3.05) is 0 Å². The molecule has 2 aliphatic rings. The third-order valence-corrected chi connectivity index (χ3v) is 6.45. The van der Waals surface area contributed by atoms with E-state index in [-0.39, 0.29) is 17.1 Å². The molecule has 0 amide bonds. The van der Waals surface area contributed by atoms with Crippen LogP contribution >= 0.6 is 11.8 Å². The van der Waals surface area contributed by atoms with E-state index in [2.05, 4.69) is 6.07 Å². The van der Waals surface area contributed by atoms with E-state index in [1.807, 2.05) is 24.3 Å². The summed E-state index contributed by atoms with van der Waals surface area (Å²) in [5, 5.41) is 11.7. The van der Waals surface area contributed by atoms with Crippen LogP contribution in [0.3, 0.4) is 0 Å². The average molecular weight is 364 g/mol. The van der Waals surface area contributed by atoms with Crippen LogP contribution in [-0.2, 0) is 22.7 Å². The number of nitrogens with zero attached hydrogens (tertiary/aromatic N) is 2. The molecule has 0 aliphatic carbocycles. The number of fused-ring (bicyclic) bond motifs is 5. The molecule has 0 spiro atoms. The van der Waals surface area contributed by atoms with Crippen molar-refractivity contribution in [1.82, 2.24) is 9.55 Å². The molecule has 2 aliphatic heterocycles. The van der Waals surface area contributed by atoms with Crippen LogP contribution in [0, 0.1) is 0 Å². The number of rotatable bonds is 1. The van der Waals surface area contributed by atoms with Crippen molar-refractivity contribution in [3.63, 3.8) is 0 Å². The Labute approximate surface area is 153 Å². The quantitative estimate of drug-likeness (QED) is 0.562. The van der Waals surface area contributed by atoms with Crippen LogP contribution in [0.2, 0.25) is 0 Å². The molecule has 2 aromatic heterocycles. The van der Waals surface area contributed by atoms with E-state index in [0.717, 1.165) is 33.9 Å². The molecule has 1 N–H and O–H groups in total. The van der Waals surface area contributed by atoms with Crippen LogP contribution in [0.25, 0.3) is 22.3 Å². The van der Waals surface area contributed by atoms with Gasteiger partial charge >= 0.3 is 0 Å². The van der Waals surface area contributed by atoms with Gasteiger partial charge in [-0.1, -0.05) is 36.9 Å². The summed E-state index contributed by atoms with van der Waals surface area (Å²) in [6.45, 7) is 2.23. The molecule has 0 fully saturated rings. The van der Waals surface area contributed by atoms with Crippen LogP contribution in [0.1, 0.15) is 30.0 Å². The zero-order chi connectivity index (χ0) is 18.1. The van der Waals surface area contributed by atoms with Crippen molar-refractivity contribution >= 4 is 27.8 Å². The average Bonchev–Trinajstić information content (AvgIpc) is 3.01. The Morgan fingerprint density at radius 1 is 1.27 bits per heavy atom. The Balaban J connectivity index is 1.81. The van der Waals surface area contributed by atoms with Gasteiger partial charge in [0.25, 0.3) is 5.56 Å². The monoisotopic (exact) mass is 364 g/mol. The molecule has 3 aromatic rings. The molecule has 0 saturated carbocycles. The van der Waals surface area contributed by atoms with Gasteiger partial charge in [0.05, 0.1) is 23.4 Å². The SMILES string of the molecule is CC[C@@]1(O)C(=O)SCc2c1cc1n(c2=O)Cc2cc3ccccc3nc2-1. The molecule has 4 heterocycles. The van der Waals surface area contributed by atoms with E-state index in [4.69, 9.17) is 4.98 Å². The molecular weight excluding hydrogens is 348 g/mol. The second-order valence-corrected chi connectivity index (χ2v) is 7.74. The van der Waals surface area contributed by atoms with Gasteiger partial charge in [-0.05, 0) is 24.6 Å². The number of hydrogen-bond acceptors (Lipinski definition) is 5. The lowest BCUT2D eigenvalue weighted by molar-refractivity contribution is -0.129. The van der Waals surface area contributed by atoms with Gasteiger partial charge in [0.2, 0.25) is 5.12 Å². The van der Waals surface area contributed by atoms with E-state index >= 15 is 0 Å². The number of pyridine rings is 2. The van der Waals surface area contributed by atoms with Gasteiger partial charge in [0, 0.05) is 27.8 Å². The lowest BCUT2D eigenvalue weighted by Crippen LogP contribution is -2.40. The molecule has 130 valence electrons. The van der Waals surface area contributed by atoms with Crippen LogP contribution in [0.15, 0.2) is 41.2 Å². The van der Waals surface area contributed by atoms with Crippen molar-refractivity contribution < 1.29 is 9.90 Å². The van der Waals surface area contributed by atoms with Gasteiger partial charge in [-0.3, -0.25) is 9.59 Å². The second kappa shape index (κ2) is 5.28. The largest absolute Gasteiger partial charge is 0.376 e. The summed E-state index contributed by atoms with van der Waals surface area (Å²) < 4.78 is 1.71. The first-order chi connectivity index (χ1) is 12.5. The number of para-hydroxylation sites is 1. The maximum absolute atomic E-state index is 13.1. The van der Waals surface area contributed by atoms with Crippen LogP contribution in [0.4, 0.5) is 0 Å². The fraction of sp³-hybridized carbons (Fsp3) is 0.250. The first-order valence-corrected chi connectivity index (χ1v) is 9.57. The molecule has 0 radical (unpaired) electrons. The molecular formula is C20H16N2O3S. The fourth-order valence-corrected chi connectivity index (χ4v) is 4.97. The van der Waals surface area contributed by atoms with Crippen molar-refractivity contribution in [1.29, 1.82) is 0 Å². The lowest BCUT2D eigenvalue weighted by atomic mass is 9.88. The predicted octanol–water partition coefficient (Wildman–Crippen LogP) is 2.80. The van der Waals surface area contributed by atoms with Crippen LogP contribution in [0.5, 0.6) is 0 Å². The number of thioether (sulfide) groups is 1. The summed E-state index contributed by atoms with van der Waals surface area (Å²) in [6.07, 6.45) is 0.243. The Bertz CT molecular complexity index is 1170. The highest BCUT2D eigenvalue weighted by molar-refractivity contribution is 8.13. The highest BCUT2D eigenvalue weighted by Gasteiger charge is 2.43.